The molecule has 4 rings (SSSR count). The summed E-state index contributed by atoms with van der Waals surface area (Å²) in [6.45, 7) is 7.84. The largest absolute Gasteiger partial charge is 0.357 e. The molecule has 1 aliphatic rings. The first-order valence-electron chi connectivity index (χ1n) is 9.54. The van der Waals surface area contributed by atoms with Crippen LogP contribution >= 0.6 is 0 Å². The van der Waals surface area contributed by atoms with Crippen molar-refractivity contribution in [1.82, 2.24) is 19.9 Å². The minimum Gasteiger partial charge on any atom is -0.357 e. The Morgan fingerprint density at radius 1 is 1.15 bits per heavy atom. The summed E-state index contributed by atoms with van der Waals surface area (Å²) in [6, 6.07) is 4.01. The van der Waals surface area contributed by atoms with Crippen molar-refractivity contribution in [2.24, 2.45) is 5.41 Å². The van der Waals surface area contributed by atoms with E-state index in [-0.39, 0.29) is 5.78 Å². The number of nitrogens with zero attached hydrogens (tertiary/aromatic N) is 4. The summed E-state index contributed by atoms with van der Waals surface area (Å²) in [5.74, 6) is 1.04. The summed E-state index contributed by atoms with van der Waals surface area (Å²) in [7, 11) is 0. The highest BCUT2D eigenvalue weighted by Gasteiger charge is 2.26. The second-order valence-electron chi connectivity index (χ2n) is 8.18. The van der Waals surface area contributed by atoms with Gasteiger partial charge in [0.15, 0.2) is 11.4 Å². The molecule has 3 aromatic heterocycles. The molecule has 1 fully saturated rings. The molecule has 1 saturated heterocycles. The van der Waals surface area contributed by atoms with Gasteiger partial charge in [0.1, 0.15) is 11.3 Å². The molecular formula is C21H25N5O. The molecule has 4 heterocycles. The van der Waals surface area contributed by atoms with E-state index in [1.54, 1.807) is 12.4 Å². The van der Waals surface area contributed by atoms with Gasteiger partial charge < -0.3 is 9.88 Å². The van der Waals surface area contributed by atoms with E-state index in [0.717, 1.165) is 30.2 Å². The molecule has 3 aromatic rings. The topological polar surface area (TPSA) is 74.8 Å². The molecule has 6 nitrogen and oxygen atoms in total. The third-order valence-electron chi connectivity index (χ3n) is 5.03. The standard InChI is InChI=1S/C21H25N5O/c1-21(2,3)19(27)15-12-23-20-18(15)25-16(13-24-20)14-7-8-22-17(11-14)26-9-5-4-6-10-26/h7-8,11-13H,4-6,9-10H2,1-3H3,(H,23,24). The number of carbonyl (C=O) groups excluding carboxylic acids is 1. The Morgan fingerprint density at radius 2 is 1.93 bits per heavy atom. The van der Waals surface area contributed by atoms with Crippen LogP contribution in [-0.4, -0.2) is 38.8 Å². The number of anilines is 1. The van der Waals surface area contributed by atoms with Gasteiger partial charge in [-0.15, -0.1) is 0 Å². The molecule has 0 atom stereocenters. The maximum absolute atomic E-state index is 12.7. The van der Waals surface area contributed by atoms with E-state index in [1.165, 1.54) is 19.3 Å². The first kappa shape index (κ1) is 17.6. The molecule has 0 aromatic carbocycles. The van der Waals surface area contributed by atoms with Crippen molar-refractivity contribution >= 4 is 22.8 Å². The van der Waals surface area contributed by atoms with E-state index in [2.05, 4.69) is 25.9 Å². The van der Waals surface area contributed by atoms with E-state index >= 15 is 0 Å². The predicted molar refractivity (Wildman–Crippen MR) is 107 cm³/mol. The number of hydrogen-bond acceptors (Lipinski definition) is 5. The van der Waals surface area contributed by atoms with Crippen LogP contribution in [0, 0.1) is 5.41 Å². The zero-order valence-electron chi connectivity index (χ0n) is 16.1. The number of ketones is 1. The number of fused-ring (bicyclic) bond motifs is 1. The lowest BCUT2D eigenvalue weighted by Crippen LogP contribution is -2.30. The second kappa shape index (κ2) is 6.76. The van der Waals surface area contributed by atoms with Crippen LogP contribution in [0.4, 0.5) is 5.82 Å². The van der Waals surface area contributed by atoms with Gasteiger partial charge in [-0.2, -0.15) is 0 Å². The van der Waals surface area contributed by atoms with Gasteiger partial charge in [-0.05, 0) is 31.4 Å². The fourth-order valence-corrected chi connectivity index (χ4v) is 3.48. The molecule has 27 heavy (non-hydrogen) atoms. The number of piperidine rings is 1. The van der Waals surface area contributed by atoms with Crippen LogP contribution < -0.4 is 4.90 Å². The number of rotatable bonds is 3. The Hall–Kier alpha value is -2.76. The smallest absolute Gasteiger partial charge is 0.171 e. The highest BCUT2D eigenvalue weighted by molar-refractivity contribution is 6.08. The fourth-order valence-electron chi connectivity index (χ4n) is 3.48. The van der Waals surface area contributed by atoms with Crippen molar-refractivity contribution < 1.29 is 4.79 Å². The molecule has 0 radical (unpaired) electrons. The molecule has 1 N–H and O–H groups in total. The zero-order chi connectivity index (χ0) is 19.0. The summed E-state index contributed by atoms with van der Waals surface area (Å²) in [5.41, 5.74) is 3.11. The van der Waals surface area contributed by atoms with Crippen molar-refractivity contribution in [2.45, 2.75) is 40.0 Å². The number of H-pyrrole nitrogens is 1. The minimum atomic E-state index is -0.467. The van der Waals surface area contributed by atoms with Crippen molar-refractivity contribution in [2.75, 3.05) is 18.0 Å². The Balaban J connectivity index is 1.73. The third kappa shape index (κ3) is 3.44. The number of carbonyl (C=O) groups is 1. The molecule has 140 valence electrons. The Kier molecular flexibility index (Phi) is 4.42. The Labute approximate surface area is 159 Å². The van der Waals surface area contributed by atoms with Crippen LogP contribution in [0.25, 0.3) is 22.4 Å². The maximum atomic E-state index is 12.7. The van der Waals surface area contributed by atoms with Crippen LogP contribution in [0.5, 0.6) is 0 Å². The van der Waals surface area contributed by atoms with Crippen LogP contribution in [0.3, 0.4) is 0 Å². The molecule has 0 bridgehead atoms. The Morgan fingerprint density at radius 3 is 2.67 bits per heavy atom. The number of aromatic amines is 1. The van der Waals surface area contributed by atoms with Crippen molar-refractivity contribution in [3.8, 4) is 11.3 Å². The zero-order valence-corrected chi connectivity index (χ0v) is 16.1. The van der Waals surface area contributed by atoms with Crippen LogP contribution in [0.15, 0.2) is 30.7 Å². The van der Waals surface area contributed by atoms with E-state index in [1.807, 2.05) is 33.0 Å². The van der Waals surface area contributed by atoms with Crippen molar-refractivity contribution in [1.29, 1.82) is 0 Å². The number of hydrogen-bond donors (Lipinski definition) is 1. The van der Waals surface area contributed by atoms with Gasteiger partial charge >= 0.3 is 0 Å². The van der Waals surface area contributed by atoms with E-state index in [0.29, 0.717) is 16.7 Å². The van der Waals surface area contributed by atoms with Crippen molar-refractivity contribution in [3.05, 3.63) is 36.3 Å². The quantitative estimate of drug-likeness (QED) is 0.705. The van der Waals surface area contributed by atoms with Gasteiger partial charge in [0.25, 0.3) is 0 Å². The first-order chi connectivity index (χ1) is 12.9. The van der Waals surface area contributed by atoms with Gasteiger partial charge in [-0.3, -0.25) is 4.79 Å². The lowest BCUT2D eigenvalue weighted by molar-refractivity contribution is 0.0860. The highest BCUT2D eigenvalue weighted by Crippen LogP contribution is 2.28. The van der Waals surface area contributed by atoms with E-state index in [9.17, 15) is 4.79 Å². The highest BCUT2D eigenvalue weighted by atomic mass is 16.1. The van der Waals surface area contributed by atoms with E-state index in [4.69, 9.17) is 4.98 Å². The van der Waals surface area contributed by atoms with Gasteiger partial charge in [-0.1, -0.05) is 20.8 Å². The van der Waals surface area contributed by atoms with Crippen LogP contribution in [-0.2, 0) is 0 Å². The lowest BCUT2D eigenvalue weighted by atomic mass is 9.87. The van der Waals surface area contributed by atoms with Crippen molar-refractivity contribution in [3.63, 3.8) is 0 Å². The average molecular weight is 363 g/mol. The molecule has 0 aliphatic carbocycles. The fraction of sp³-hybridized carbons (Fsp3) is 0.429. The Bertz CT molecular complexity index is 980. The number of nitrogens with one attached hydrogen (secondary N) is 1. The number of pyridine rings is 1. The SMILES string of the molecule is CC(C)(C)C(=O)c1c[nH]c2ncc(-c3ccnc(N4CCCCC4)c3)nc12. The summed E-state index contributed by atoms with van der Waals surface area (Å²) >= 11 is 0. The second-order valence-corrected chi connectivity index (χ2v) is 8.18. The molecule has 6 heteroatoms. The molecule has 0 spiro atoms. The first-order valence-corrected chi connectivity index (χ1v) is 9.54. The third-order valence-corrected chi connectivity index (χ3v) is 5.03. The van der Waals surface area contributed by atoms with Crippen LogP contribution in [0.2, 0.25) is 0 Å². The monoisotopic (exact) mass is 363 g/mol. The van der Waals surface area contributed by atoms with Gasteiger partial charge in [0.05, 0.1) is 17.5 Å². The molecule has 0 unspecified atom stereocenters. The van der Waals surface area contributed by atoms with Gasteiger partial charge in [0, 0.05) is 36.5 Å². The normalized spacial score (nSPS) is 15.3. The predicted octanol–water partition coefficient (Wildman–Crippen LogP) is 4.24. The average Bonchev–Trinajstić information content (AvgIpc) is 3.10. The summed E-state index contributed by atoms with van der Waals surface area (Å²) in [5, 5.41) is 0. The molecular weight excluding hydrogens is 338 g/mol. The summed E-state index contributed by atoms with van der Waals surface area (Å²) in [6.07, 6.45) is 8.99. The number of aromatic nitrogens is 4. The molecule has 0 saturated carbocycles. The summed E-state index contributed by atoms with van der Waals surface area (Å²) < 4.78 is 0. The van der Waals surface area contributed by atoms with Gasteiger partial charge in [0.2, 0.25) is 0 Å². The lowest BCUT2D eigenvalue weighted by Gasteiger charge is -2.27. The van der Waals surface area contributed by atoms with E-state index < -0.39 is 5.41 Å². The van der Waals surface area contributed by atoms with Gasteiger partial charge in [-0.25, -0.2) is 15.0 Å². The minimum absolute atomic E-state index is 0.0592. The maximum Gasteiger partial charge on any atom is 0.171 e. The number of Topliss-reactive ketones (excluding diaryl/α,β-unsaturated/α-hetero) is 1. The molecule has 0 amide bonds. The molecule has 1 aliphatic heterocycles. The summed E-state index contributed by atoms with van der Waals surface area (Å²) in [4.78, 5) is 31.9. The van der Waals surface area contributed by atoms with Crippen LogP contribution in [0.1, 0.15) is 50.4 Å².